The van der Waals surface area contributed by atoms with Crippen molar-refractivity contribution >= 4 is 46.2 Å². The van der Waals surface area contributed by atoms with E-state index in [0.717, 1.165) is 12.1 Å². The number of benzene rings is 1. The van der Waals surface area contributed by atoms with Crippen molar-refractivity contribution in [1.82, 2.24) is 0 Å². The molecule has 1 N–H and O–H groups in total. The van der Waals surface area contributed by atoms with E-state index in [4.69, 9.17) is 28.3 Å². The molecule has 0 amide bonds. The summed E-state index contributed by atoms with van der Waals surface area (Å²) in [7, 11) is 0. The SMILES string of the molecule is O=C(O)c1ccc(N(CCCl)CCCl)c([N+](=O)[O-])c1[N+](=O)[O-]. The van der Waals surface area contributed by atoms with E-state index >= 15 is 0 Å². The fraction of sp³-hybridized carbons (Fsp3) is 0.364. The van der Waals surface area contributed by atoms with Gasteiger partial charge in [0.2, 0.25) is 0 Å². The molecule has 0 fully saturated rings. The minimum absolute atomic E-state index is 0.0944. The Labute approximate surface area is 134 Å². The van der Waals surface area contributed by atoms with Gasteiger partial charge in [-0.2, -0.15) is 0 Å². The predicted octanol–water partition coefficient (Wildman–Crippen LogP) is 2.49. The second-order valence-electron chi connectivity index (χ2n) is 4.01. The van der Waals surface area contributed by atoms with E-state index in [9.17, 15) is 25.0 Å². The van der Waals surface area contributed by atoms with Crippen LogP contribution in [0.2, 0.25) is 0 Å². The van der Waals surface area contributed by atoms with Gasteiger partial charge in [-0.15, -0.1) is 23.2 Å². The number of carbonyl (C=O) groups is 1. The highest BCUT2D eigenvalue weighted by Gasteiger charge is 2.36. The third-order valence-corrected chi connectivity index (χ3v) is 3.11. The second-order valence-corrected chi connectivity index (χ2v) is 4.77. The van der Waals surface area contributed by atoms with Crippen molar-refractivity contribution in [2.45, 2.75) is 0 Å². The first-order valence-electron chi connectivity index (χ1n) is 5.91. The van der Waals surface area contributed by atoms with Crippen LogP contribution in [0.4, 0.5) is 17.1 Å². The van der Waals surface area contributed by atoms with Gasteiger partial charge in [0, 0.05) is 24.8 Å². The van der Waals surface area contributed by atoms with E-state index in [-0.39, 0.29) is 30.5 Å². The minimum Gasteiger partial charge on any atom is -0.477 e. The molecule has 0 aliphatic heterocycles. The lowest BCUT2D eigenvalue weighted by Crippen LogP contribution is -2.28. The van der Waals surface area contributed by atoms with Crippen LogP contribution in [0, 0.1) is 20.2 Å². The van der Waals surface area contributed by atoms with Gasteiger partial charge < -0.3 is 10.0 Å². The van der Waals surface area contributed by atoms with Gasteiger partial charge in [-0.05, 0) is 12.1 Å². The summed E-state index contributed by atoms with van der Waals surface area (Å²) in [6, 6.07) is 2.10. The van der Waals surface area contributed by atoms with E-state index in [1.165, 1.54) is 4.90 Å². The van der Waals surface area contributed by atoms with Crippen LogP contribution in [-0.4, -0.2) is 45.8 Å². The van der Waals surface area contributed by atoms with Crippen molar-refractivity contribution in [2.24, 2.45) is 0 Å². The summed E-state index contributed by atoms with van der Waals surface area (Å²) in [5, 5.41) is 31.3. The Balaban J connectivity index is 3.65. The molecule has 0 saturated heterocycles. The van der Waals surface area contributed by atoms with Crippen LogP contribution in [0.5, 0.6) is 0 Å². The van der Waals surface area contributed by atoms with Crippen molar-refractivity contribution in [3.8, 4) is 0 Å². The Morgan fingerprint density at radius 2 is 1.59 bits per heavy atom. The average Bonchev–Trinajstić information content (AvgIpc) is 2.45. The van der Waals surface area contributed by atoms with E-state index in [1.54, 1.807) is 0 Å². The Bertz CT molecular complexity index is 604. The van der Waals surface area contributed by atoms with Crippen molar-refractivity contribution in [2.75, 3.05) is 29.7 Å². The summed E-state index contributed by atoms with van der Waals surface area (Å²) in [6.07, 6.45) is 0. The maximum Gasteiger partial charge on any atom is 0.369 e. The average molecular weight is 352 g/mol. The van der Waals surface area contributed by atoms with E-state index in [0.29, 0.717) is 0 Å². The van der Waals surface area contributed by atoms with Crippen LogP contribution in [0.15, 0.2) is 12.1 Å². The molecule has 0 saturated carbocycles. The molecule has 11 heteroatoms. The zero-order valence-electron chi connectivity index (χ0n) is 11.1. The minimum atomic E-state index is -1.62. The monoisotopic (exact) mass is 351 g/mol. The molecule has 0 unspecified atom stereocenters. The molecular weight excluding hydrogens is 341 g/mol. The second kappa shape index (κ2) is 7.76. The van der Waals surface area contributed by atoms with Gasteiger partial charge in [-0.25, -0.2) is 4.79 Å². The third-order valence-electron chi connectivity index (χ3n) is 2.78. The number of hydrogen-bond donors (Lipinski definition) is 1. The Hall–Kier alpha value is -2.13. The third kappa shape index (κ3) is 3.74. The van der Waals surface area contributed by atoms with Crippen LogP contribution in [0.25, 0.3) is 0 Å². The fourth-order valence-electron chi connectivity index (χ4n) is 1.92. The van der Waals surface area contributed by atoms with Gasteiger partial charge in [-0.1, -0.05) is 0 Å². The molecule has 0 spiro atoms. The molecule has 1 aromatic carbocycles. The number of carboxylic acids is 1. The number of hydrogen-bond acceptors (Lipinski definition) is 6. The van der Waals surface area contributed by atoms with Crippen LogP contribution < -0.4 is 4.90 Å². The summed E-state index contributed by atoms with van der Waals surface area (Å²) in [5.41, 5.74) is -2.80. The van der Waals surface area contributed by atoms with Crippen molar-refractivity contribution < 1.29 is 19.7 Å². The standard InChI is InChI=1S/C11H11Cl2N3O6/c12-3-5-14(6-4-13)8-2-1-7(11(17)18)9(15(19)20)10(8)16(21)22/h1-2H,3-6H2,(H,17,18). The Morgan fingerprint density at radius 3 is 1.95 bits per heavy atom. The first-order chi connectivity index (χ1) is 10.3. The molecule has 1 rings (SSSR count). The summed E-state index contributed by atoms with van der Waals surface area (Å²) < 4.78 is 0. The van der Waals surface area contributed by atoms with Gasteiger partial charge in [0.1, 0.15) is 11.3 Å². The van der Waals surface area contributed by atoms with E-state index in [2.05, 4.69) is 0 Å². The lowest BCUT2D eigenvalue weighted by Gasteiger charge is -2.22. The molecule has 22 heavy (non-hydrogen) atoms. The highest BCUT2D eigenvalue weighted by molar-refractivity contribution is 6.18. The highest BCUT2D eigenvalue weighted by Crippen LogP contribution is 2.39. The Kier molecular flexibility index (Phi) is 6.32. The van der Waals surface area contributed by atoms with Crippen LogP contribution in [0.1, 0.15) is 10.4 Å². The fourth-order valence-corrected chi connectivity index (χ4v) is 2.33. The van der Waals surface area contributed by atoms with Gasteiger partial charge in [0.05, 0.1) is 9.85 Å². The van der Waals surface area contributed by atoms with Crippen molar-refractivity contribution in [1.29, 1.82) is 0 Å². The molecule has 0 radical (unpaired) electrons. The number of rotatable bonds is 8. The van der Waals surface area contributed by atoms with Crippen molar-refractivity contribution in [3.63, 3.8) is 0 Å². The van der Waals surface area contributed by atoms with Gasteiger partial charge in [-0.3, -0.25) is 20.2 Å². The number of nitro groups is 2. The molecule has 1 aromatic rings. The summed E-state index contributed by atoms with van der Waals surface area (Å²) >= 11 is 11.2. The molecule has 120 valence electrons. The first-order valence-corrected chi connectivity index (χ1v) is 6.98. The number of aromatic carboxylic acids is 1. The smallest absolute Gasteiger partial charge is 0.369 e. The molecule has 0 atom stereocenters. The summed E-state index contributed by atoms with van der Waals surface area (Å²) in [6.45, 7) is 0.331. The molecule has 0 aliphatic carbocycles. The lowest BCUT2D eigenvalue weighted by atomic mass is 10.1. The number of nitro benzene ring substituents is 2. The van der Waals surface area contributed by atoms with Gasteiger partial charge in [0.25, 0.3) is 0 Å². The molecule has 0 heterocycles. The number of nitrogens with zero attached hydrogens (tertiary/aromatic N) is 3. The molecule has 0 bridgehead atoms. The maximum atomic E-state index is 11.3. The summed E-state index contributed by atoms with van der Waals surface area (Å²) in [5.74, 6) is -1.40. The largest absolute Gasteiger partial charge is 0.477 e. The maximum absolute atomic E-state index is 11.3. The van der Waals surface area contributed by atoms with Crippen LogP contribution in [0.3, 0.4) is 0 Å². The van der Waals surface area contributed by atoms with Crippen molar-refractivity contribution in [3.05, 3.63) is 37.9 Å². The number of halogens is 2. The first kappa shape index (κ1) is 17.9. The lowest BCUT2D eigenvalue weighted by molar-refractivity contribution is -0.422. The quantitative estimate of drug-likeness (QED) is 0.432. The number of carboxylic acid groups (broad SMARTS) is 1. The topological polar surface area (TPSA) is 127 Å². The predicted molar refractivity (Wildman–Crippen MR) is 80.4 cm³/mol. The van der Waals surface area contributed by atoms with Crippen LogP contribution in [-0.2, 0) is 0 Å². The zero-order chi connectivity index (χ0) is 16.9. The molecule has 9 nitrogen and oxygen atoms in total. The molecule has 0 aromatic heterocycles. The normalized spacial score (nSPS) is 10.3. The highest BCUT2D eigenvalue weighted by atomic mass is 35.5. The number of anilines is 1. The van der Waals surface area contributed by atoms with Gasteiger partial charge >= 0.3 is 17.3 Å². The van der Waals surface area contributed by atoms with Gasteiger partial charge in [0.15, 0.2) is 0 Å². The van der Waals surface area contributed by atoms with E-state index in [1.807, 2.05) is 0 Å². The number of alkyl halides is 2. The van der Waals surface area contributed by atoms with E-state index < -0.39 is 32.8 Å². The zero-order valence-corrected chi connectivity index (χ0v) is 12.6. The molecular formula is C11H11Cl2N3O6. The summed E-state index contributed by atoms with van der Waals surface area (Å²) in [4.78, 5) is 32.8. The Morgan fingerprint density at radius 1 is 1.09 bits per heavy atom. The van der Waals surface area contributed by atoms with Crippen LogP contribution >= 0.6 is 23.2 Å². The molecule has 0 aliphatic rings.